The zero-order valence-corrected chi connectivity index (χ0v) is 10.4. The first-order chi connectivity index (χ1) is 7.85. The van der Waals surface area contributed by atoms with Gasteiger partial charge in [-0.2, -0.15) is 0 Å². The number of nitro groups is 1. The van der Waals surface area contributed by atoms with Crippen LogP contribution in [0.1, 0.15) is 20.8 Å². The molecule has 0 amide bonds. The van der Waals surface area contributed by atoms with E-state index in [1.165, 1.54) is 6.07 Å². The summed E-state index contributed by atoms with van der Waals surface area (Å²) in [7, 11) is 0. The molecule has 0 fully saturated rings. The van der Waals surface area contributed by atoms with Gasteiger partial charge in [-0.15, -0.1) is 0 Å². The van der Waals surface area contributed by atoms with Crippen LogP contribution in [0.3, 0.4) is 0 Å². The number of rotatable bonds is 5. The van der Waals surface area contributed by atoms with E-state index >= 15 is 0 Å². The lowest BCUT2D eigenvalue weighted by molar-refractivity contribution is -0.384. The smallest absolute Gasteiger partial charge is 0.292 e. The molecular weight excluding hydrogens is 220 g/mol. The molecular formula is C12H18N2O3. The Morgan fingerprint density at radius 1 is 1.41 bits per heavy atom. The highest BCUT2D eigenvalue weighted by Crippen LogP contribution is 2.28. The quantitative estimate of drug-likeness (QED) is 0.630. The van der Waals surface area contributed by atoms with E-state index in [1.54, 1.807) is 36.9 Å². The van der Waals surface area contributed by atoms with Gasteiger partial charge in [-0.3, -0.25) is 10.1 Å². The van der Waals surface area contributed by atoms with Gasteiger partial charge in [0.05, 0.1) is 10.5 Å². The number of nitro benzene ring substituents is 1. The minimum Gasteiger partial charge on any atom is -0.389 e. The maximum Gasteiger partial charge on any atom is 0.292 e. The highest BCUT2D eigenvalue weighted by atomic mass is 16.6. The molecule has 0 aliphatic carbocycles. The van der Waals surface area contributed by atoms with E-state index in [4.69, 9.17) is 0 Å². The Balaban J connectivity index is 3.07. The van der Waals surface area contributed by atoms with Crippen molar-refractivity contribution in [3.8, 4) is 0 Å². The number of nitrogens with zero attached hydrogens (tertiary/aromatic N) is 2. The Labute approximate surface area is 101 Å². The lowest BCUT2D eigenvalue weighted by atomic mass is 10.1. The molecule has 0 heterocycles. The van der Waals surface area contributed by atoms with Crippen LogP contribution in [0.2, 0.25) is 0 Å². The molecule has 0 bridgehead atoms. The summed E-state index contributed by atoms with van der Waals surface area (Å²) in [5, 5.41) is 20.7. The van der Waals surface area contributed by atoms with E-state index in [2.05, 4.69) is 0 Å². The van der Waals surface area contributed by atoms with Crippen LogP contribution in [0.5, 0.6) is 0 Å². The number of anilines is 1. The monoisotopic (exact) mass is 238 g/mol. The van der Waals surface area contributed by atoms with Crippen molar-refractivity contribution in [1.29, 1.82) is 0 Å². The van der Waals surface area contributed by atoms with Gasteiger partial charge in [0, 0.05) is 19.2 Å². The fourth-order valence-corrected chi connectivity index (χ4v) is 1.72. The molecule has 0 unspecified atom stereocenters. The summed E-state index contributed by atoms with van der Waals surface area (Å²) in [4.78, 5) is 12.3. The van der Waals surface area contributed by atoms with Crippen LogP contribution < -0.4 is 4.90 Å². The van der Waals surface area contributed by atoms with Crippen LogP contribution in [-0.2, 0) is 0 Å². The maximum absolute atomic E-state index is 10.9. The second-order valence-electron chi connectivity index (χ2n) is 4.57. The van der Waals surface area contributed by atoms with Gasteiger partial charge in [-0.25, -0.2) is 0 Å². The first-order valence-corrected chi connectivity index (χ1v) is 5.56. The SMILES string of the molecule is CCN(CC(C)(C)O)c1ccccc1[N+](=O)[O-]. The number of hydrogen-bond acceptors (Lipinski definition) is 4. The Morgan fingerprint density at radius 2 is 2.00 bits per heavy atom. The predicted octanol–water partition coefficient (Wildman–Crippen LogP) is 2.19. The molecule has 0 saturated carbocycles. The van der Waals surface area contributed by atoms with Gasteiger partial charge in [0.15, 0.2) is 0 Å². The topological polar surface area (TPSA) is 66.6 Å². The molecule has 1 rings (SSSR count). The van der Waals surface area contributed by atoms with Crippen molar-refractivity contribution in [2.75, 3.05) is 18.0 Å². The molecule has 5 nitrogen and oxygen atoms in total. The van der Waals surface area contributed by atoms with E-state index in [9.17, 15) is 15.2 Å². The van der Waals surface area contributed by atoms with Gasteiger partial charge in [-0.1, -0.05) is 12.1 Å². The summed E-state index contributed by atoms with van der Waals surface area (Å²) in [6, 6.07) is 6.57. The largest absolute Gasteiger partial charge is 0.389 e. The third kappa shape index (κ3) is 3.71. The number of hydrogen-bond donors (Lipinski definition) is 1. The van der Waals surface area contributed by atoms with E-state index < -0.39 is 10.5 Å². The fraction of sp³-hybridized carbons (Fsp3) is 0.500. The molecule has 0 aromatic heterocycles. The minimum absolute atomic E-state index is 0.0681. The third-order valence-corrected chi connectivity index (χ3v) is 2.38. The summed E-state index contributed by atoms with van der Waals surface area (Å²) in [5.41, 5.74) is -0.277. The third-order valence-electron chi connectivity index (χ3n) is 2.38. The van der Waals surface area contributed by atoms with E-state index in [0.29, 0.717) is 18.8 Å². The van der Waals surface area contributed by atoms with Crippen molar-refractivity contribution in [1.82, 2.24) is 0 Å². The van der Waals surface area contributed by atoms with Gasteiger partial charge in [0.1, 0.15) is 5.69 Å². The number of likely N-dealkylation sites (N-methyl/N-ethyl adjacent to an activating group) is 1. The Morgan fingerprint density at radius 3 is 2.47 bits per heavy atom. The normalized spacial score (nSPS) is 11.3. The summed E-state index contributed by atoms with van der Waals surface area (Å²) < 4.78 is 0. The lowest BCUT2D eigenvalue weighted by Gasteiger charge is -2.29. The van der Waals surface area contributed by atoms with Crippen LogP contribution in [0.25, 0.3) is 0 Å². The van der Waals surface area contributed by atoms with E-state index in [0.717, 1.165) is 0 Å². The van der Waals surface area contributed by atoms with Crippen LogP contribution >= 0.6 is 0 Å². The number of para-hydroxylation sites is 2. The number of benzene rings is 1. The van der Waals surface area contributed by atoms with Crippen LogP contribution in [0.15, 0.2) is 24.3 Å². The molecule has 1 aromatic carbocycles. The fourth-order valence-electron chi connectivity index (χ4n) is 1.72. The average molecular weight is 238 g/mol. The van der Waals surface area contributed by atoms with Crippen LogP contribution in [0.4, 0.5) is 11.4 Å². The molecule has 1 N–H and O–H groups in total. The van der Waals surface area contributed by atoms with Crippen molar-refractivity contribution < 1.29 is 10.0 Å². The molecule has 0 aliphatic heterocycles. The van der Waals surface area contributed by atoms with Crippen molar-refractivity contribution in [3.63, 3.8) is 0 Å². The Kier molecular flexibility index (Phi) is 4.07. The minimum atomic E-state index is -0.889. The number of aliphatic hydroxyl groups is 1. The Bertz CT molecular complexity index is 399. The molecule has 0 aliphatic rings. The first-order valence-electron chi connectivity index (χ1n) is 5.56. The van der Waals surface area contributed by atoms with Crippen molar-refractivity contribution in [3.05, 3.63) is 34.4 Å². The van der Waals surface area contributed by atoms with Crippen molar-refractivity contribution in [2.24, 2.45) is 0 Å². The molecule has 0 atom stereocenters. The highest BCUT2D eigenvalue weighted by Gasteiger charge is 2.22. The summed E-state index contributed by atoms with van der Waals surface area (Å²) >= 11 is 0. The molecule has 5 heteroatoms. The van der Waals surface area contributed by atoms with Gasteiger partial charge < -0.3 is 10.0 Å². The summed E-state index contributed by atoms with van der Waals surface area (Å²) in [5.74, 6) is 0. The molecule has 0 saturated heterocycles. The lowest BCUT2D eigenvalue weighted by Crippen LogP contribution is -2.38. The maximum atomic E-state index is 10.9. The standard InChI is InChI=1S/C12H18N2O3/c1-4-13(9-12(2,3)15)10-7-5-6-8-11(10)14(16)17/h5-8,15H,4,9H2,1-3H3. The van der Waals surface area contributed by atoms with Crippen LogP contribution in [0, 0.1) is 10.1 Å². The Hall–Kier alpha value is -1.62. The van der Waals surface area contributed by atoms with Crippen LogP contribution in [-0.4, -0.2) is 28.7 Å². The summed E-state index contributed by atoms with van der Waals surface area (Å²) in [6.07, 6.45) is 0. The van der Waals surface area contributed by atoms with E-state index in [-0.39, 0.29) is 5.69 Å². The predicted molar refractivity (Wildman–Crippen MR) is 67.3 cm³/mol. The van der Waals surface area contributed by atoms with Gasteiger partial charge in [-0.05, 0) is 26.8 Å². The van der Waals surface area contributed by atoms with Crippen molar-refractivity contribution >= 4 is 11.4 Å². The molecule has 0 radical (unpaired) electrons. The van der Waals surface area contributed by atoms with Gasteiger partial charge >= 0.3 is 0 Å². The second kappa shape index (κ2) is 5.14. The molecule has 17 heavy (non-hydrogen) atoms. The molecule has 0 spiro atoms. The molecule has 94 valence electrons. The second-order valence-corrected chi connectivity index (χ2v) is 4.57. The highest BCUT2D eigenvalue weighted by molar-refractivity contribution is 5.63. The summed E-state index contributed by atoms with van der Waals surface area (Å²) in [6.45, 7) is 6.24. The molecule has 1 aromatic rings. The van der Waals surface area contributed by atoms with Gasteiger partial charge in [0.2, 0.25) is 0 Å². The zero-order valence-electron chi connectivity index (χ0n) is 10.4. The van der Waals surface area contributed by atoms with Crippen molar-refractivity contribution in [2.45, 2.75) is 26.4 Å². The first kappa shape index (κ1) is 13.4. The zero-order chi connectivity index (χ0) is 13.1. The average Bonchev–Trinajstić information content (AvgIpc) is 2.24. The van der Waals surface area contributed by atoms with E-state index in [1.807, 2.05) is 6.92 Å². The van der Waals surface area contributed by atoms with Gasteiger partial charge in [0.25, 0.3) is 5.69 Å².